The summed E-state index contributed by atoms with van der Waals surface area (Å²) in [4.78, 5) is 19.8. The number of esters is 1. The van der Waals surface area contributed by atoms with Crippen LogP contribution in [-0.2, 0) is 23.7 Å². The maximum absolute atomic E-state index is 15.3. The van der Waals surface area contributed by atoms with Gasteiger partial charge < -0.3 is 23.8 Å². The molecule has 1 aromatic carbocycles. The van der Waals surface area contributed by atoms with E-state index in [2.05, 4.69) is 55.9 Å². The monoisotopic (exact) mass is 792 g/mol. The largest absolute Gasteiger partial charge is 0.494 e. The van der Waals surface area contributed by atoms with Crippen LogP contribution < -0.4 is 4.90 Å². The molecule has 0 bridgehead atoms. The summed E-state index contributed by atoms with van der Waals surface area (Å²) in [7, 11) is -2.71. The molecule has 0 radical (unpaired) electrons. The Kier molecular flexibility index (Phi) is 14.5. The second-order valence-electron chi connectivity index (χ2n) is 16.9. The molecule has 1 unspecified atom stereocenters. The summed E-state index contributed by atoms with van der Waals surface area (Å²) in [5.74, 6) is -0.0569. The normalized spacial score (nSPS) is 17.0. The quantitative estimate of drug-likeness (QED) is 0.0285. The van der Waals surface area contributed by atoms with E-state index in [4.69, 9.17) is 29.0 Å². The van der Waals surface area contributed by atoms with Crippen LogP contribution in [0.3, 0.4) is 0 Å². The standard InChI is InChI=1S/C41H61FN6O5Si2/c1-10-52-30(3)36-38(32-19-17-31(18-20-32)37(42)41(49)53-11-2)45-39-35(33-25-43-47(27-33)34-15-13-12-14-16-34)26-44-48(39)40(36)46(28-50-21-23-54(4,5)6)29-51-22-24-55(7,8)9/h12-16,25-27,31-32,37H,3,10-11,17-24,28-29H2,1-2,4-9H3/t31-,32+,37?. The number of para-hydroxylation sites is 1. The molecule has 1 aliphatic carbocycles. The topological polar surface area (TPSA) is 105 Å². The lowest BCUT2D eigenvalue weighted by atomic mass is 9.77. The number of ether oxygens (including phenoxy) is 4. The first kappa shape index (κ1) is 42.3. The molecule has 1 aliphatic rings. The van der Waals surface area contributed by atoms with Gasteiger partial charge in [-0.15, -0.1) is 0 Å². The Hall–Kier alpha value is -3.86. The van der Waals surface area contributed by atoms with Crippen LogP contribution in [0.5, 0.6) is 0 Å². The Morgan fingerprint density at radius 3 is 2.11 bits per heavy atom. The summed E-state index contributed by atoms with van der Waals surface area (Å²) in [6.45, 7) is 24.5. The van der Waals surface area contributed by atoms with Crippen molar-refractivity contribution in [3.8, 4) is 16.8 Å². The van der Waals surface area contributed by atoms with Crippen molar-refractivity contribution in [3.05, 3.63) is 66.8 Å². The number of aromatic nitrogens is 5. The van der Waals surface area contributed by atoms with Crippen LogP contribution in [0.4, 0.5) is 10.2 Å². The van der Waals surface area contributed by atoms with Crippen LogP contribution in [-0.4, -0.2) is 92.6 Å². The Bertz CT molecular complexity index is 1840. The minimum absolute atomic E-state index is 0.0566. The second-order valence-corrected chi connectivity index (χ2v) is 28.1. The molecule has 0 amide bonds. The third-order valence-corrected chi connectivity index (χ3v) is 13.4. The lowest BCUT2D eigenvalue weighted by Gasteiger charge is -2.33. The fourth-order valence-corrected chi connectivity index (χ4v) is 8.36. The van der Waals surface area contributed by atoms with Gasteiger partial charge in [-0.3, -0.25) is 0 Å². The molecule has 3 aromatic heterocycles. The van der Waals surface area contributed by atoms with Gasteiger partial charge in [0, 0.05) is 58.5 Å². The molecule has 5 rings (SSSR count). The van der Waals surface area contributed by atoms with E-state index in [0.29, 0.717) is 56.9 Å². The number of carbonyl (C=O) groups is 1. The molecule has 1 fully saturated rings. The minimum Gasteiger partial charge on any atom is -0.494 e. The first-order valence-corrected chi connectivity index (χ1v) is 27.2. The number of rotatable bonds is 20. The van der Waals surface area contributed by atoms with Crippen molar-refractivity contribution in [2.45, 2.75) is 103 Å². The van der Waals surface area contributed by atoms with Crippen molar-refractivity contribution < 1.29 is 28.1 Å². The third kappa shape index (κ3) is 11.1. The molecule has 14 heteroatoms. The average Bonchev–Trinajstić information content (AvgIpc) is 3.81. The van der Waals surface area contributed by atoms with E-state index in [1.54, 1.807) is 6.92 Å². The molecule has 1 atom stereocenters. The second kappa shape index (κ2) is 18.9. The van der Waals surface area contributed by atoms with Gasteiger partial charge in [-0.1, -0.05) is 64.1 Å². The molecule has 55 heavy (non-hydrogen) atoms. The minimum atomic E-state index is -1.65. The molecule has 3 heterocycles. The van der Waals surface area contributed by atoms with Crippen LogP contribution in [0.25, 0.3) is 28.2 Å². The lowest BCUT2D eigenvalue weighted by Crippen LogP contribution is -2.35. The van der Waals surface area contributed by atoms with Gasteiger partial charge in [-0.05, 0) is 63.8 Å². The number of benzene rings is 1. The Morgan fingerprint density at radius 1 is 0.909 bits per heavy atom. The molecule has 0 saturated heterocycles. The van der Waals surface area contributed by atoms with Crippen molar-refractivity contribution in [1.82, 2.24) is 24.4 Å². The molecule has 0 spiro atoms. The third-order valence-electron chi connectivity index (χ3n) is 10.0. The number of fused-ring (bicyclic) bond motifs is 1. The first-order valence-electron chi connectivity index (χ1n) is 19.8. The zero-order chi connectivity index (χ0) is 39.8. The highest BCUT2D eigenvalue weighted by molar-refractivity contribution is 6.76. The number of hydrogen-bond donors (Lipinski definition) is 0. The fraction of sp³-hybridized carbons (Fsp3) is 0.561. The summed E-state index contributed by atoms with van der Waals surface area (Å²) in [5, 5.41) is 9.66. The Balaban J connectivity index is 1.64. The Morgan fingerprint density at radius 2 is 1.53 bits per heavy atom. The van der Waals surface area contributed by atoms with Crippen LogP contribution >= 0.6 is 0 Å². The zero-order valence-electron chi connectivity index (χ0n) is 34.1. The van der Waals surface area contributed by atoms with E-state index in [1.165, 1.54) is 0 Å². The van der Waals surface area contributed by atoms with E-state index in [1.807, 2.05) is 65.0 Å². The number of halogens is 1. The number of nitrogens with zero attached hydrogens (tertiary/aromatic N) is 6. The average molecular weight is 793 g/mol. The molecule has 11 nitrogen and oxygen atoms in total. The zero-order valence-corrected chi connectivity index (χ0v) is 36.1. The van der Waals surface area contributed by atoms with Gasteiger partial charge in [-0.25, -0.2) is 18.9 Å². The van der Waals surface area contributed by atoms with E-state index in [0.717, 1.165) is 46.0 Å². The SMILES string of the molecule is C=C(OCC)c1c(N(COCC[Si](C)(C)C)COCC[Si](C)(C)C)n2ncc(-c3cnn(-c4ccccc4)c3)c2nc1[C@H]1CC[C@@H](C(F)C(=O)OCC)CC1. The number of carbonyl (C=O) groups excluding carboxylic acids is 1. The predicted molar refractivity (Wildman–Crippen MR) is 223 cm³/mol. The van der Waals surface area contributed by atoms with Crippen LogP contribution in [0.2, 0.25) is 51.4 Å². The highest BCUT2D eigenvalue weighted by atomic mass is 28.3. The van der Waals surface area contributed by atoms with Gasteiger partial charge in [0.1, 0.15) is 25.0 Å². The molecule has 1 saturated carbocycles. The number of alkyl halides is 1. The van der Waals surface area contributed by atoms with Gasteiger partial charge in [0.2, 0.25) is 0 Å². The molecule has 0 aliphatic heterocycles. The summed E-state index contributed by atoms with van der Waals surface area (Å²) in [5.41, 5.74) is 4.81. The van der Waals surface area contributed by atoms with Gasteiger partial charge >= 0.3 is 5.97 Å². The fourth-order valence-electron chi connectivity index (χ4n) is 6.85. The predicted octanol–water partition coefficient (Wildman–Crippen LogP) is 9.20. The van der Waals surface area contributed by atoms with Gasteiger partial charge in [0.25, 0.3) is 0 Å². The van der Waals surface area contributed by atoms with Gasteiger partial charge in [0.05, 0.1) is 42.6 Å². The first-order chi connectivity index (χ1) is 26.2. The van der Waals surface area contributed by atoms with Crippen LogP contribution in [0, 0.1) is 5.92 Å². The van der Waals surface area contributed by atoms with Crippen molar-refractivity contribution in [1.29, 1.82) is 0 Å². The van der Waals surface area contributed by atoms with Crippen LogP contribution in [0.15, 0.2) is 55.5 Å². The van der Waals surface area contributed by atoms with E-state index < -0.39 is 34.2 Å². The van der Waals surface area contributed by atoms with Crippen molar-refractivity contribution in [2.75, 3.05) is 44.8 Å². The van der Waals surface area contributed by atoms with Crippen LogP contribution in [0.1, 0.15) is 56.7 Å². The van der Waals surface area contributed by atoms with Crippen molar-refractivity contribution in [2.24, 2.45) is 5.92 Å². The van der Waals surface area contributed by atoms with Crippen molar-refractivity contribution >= 4 is 39.3 Å². The summed E-state index contributed by atoms with van der Waals surface area (Å²) in [6.07, 6.45) is 6.30. The molecule has 300 valence electrons. The summed E-state index contributed by atoms with van der Waals surface area (Å²) < 4.78 is 43.1. The van der Waals surface area contributed by atoms with E-state index in [9.17, 15) is 4.79 Å². The smallest absolute Gasteiger partial charge is 0.341 e. The number of hydrogen-bond acceptors (Lipinski definition) is 9. The Labute approximate surface area is 328 Å². The lowest BCUT2D eigenvalue weighted by molar-refractivity contribution is -0.151. The molecular formula is C41H61FN6O5Si2. The maximum atomic E-state index is 15.3. The maximum Gasteiger partial charge on any atom is 0.341 e. The molecule has 0 N–H and O–H groups in total. The van der Waals surface area contributed by atoms with E-state index in [-0.39, 0.29) is 26.0 Å². The van der Waals surface area contributed by atoms with Gasteiger partial charge in [0.15, 0.2) is 11.8 Å². The molecule has 4 aromatic rings. The van der Waals surface area contributed by atoms with E-state index >= 15 is 4.39 Å². The molecular weight excluding hydrogens is 732 g/mol. The van der Waals surface area contributed by atoms with Gasteiger partial charge in [-0.2, -0.15) is 14.7 Å². The highest BCUT2D eigenvalue weighted by Crippen LogP contribution is 2.43. The summed E-state index contributed by atoms with van der Waals surface area (Å²) >= 11 is 0. The number of anilines is 1. The van der Waals surface area contributed by atoms with Crippen molar-refractivity contribution in [3.63, 3.8) is 0 Å². The summed E-state index contributed by atoms with van der Waals surface area (Å²) in [6, 6.07) is 12.0. The highest BCUT2D eigenvalue weighted by Gasteiger charge is 2.37.